The number of hydrogen-bond acceptors (Lipinski definition) is 4. The number of hydrogen-bond donors (Lipinski definition) is 1. The van der Waals surface area contributed by atoms with Gasteiger partial charge >= 0.3 is 6.09 Å². The normalized spacial score (nSPS) is 9.87. The molecule has 1 amide bonds. The van der Waals surface area contributed by atoms with Crippen molar-refractivity contribution >= 4 is 6.09 Å². The van der Waals surface area contributed by atoms with Crippen molar-refractivity contribution in [3.63, 3.8) is 0 Å². The van der Waals surface area contributed by atoms with Gasteiger partial charge in [-0.15, -0.1) is 0 Å². The molecule has 0 saturated carbocycles. The smallest absolute Gasteiger partial charge is 0.409 e. The summed E-state index contributed by atoms with van der Waals surface area (Å²) < 4.78 is 9.44. The maximum atomic E-state index is 10.5. The van der Waals surface area contributed by atoms with Crippen molar-refractivity contribution in [2.24, 2.45) is 5.73 Å². The molecule has 0 aliphatic carbocycles. The largest absolute Gasteiger partial charge is 0.410 e. The summed E-state index contributed by atoms with van der Waals surface area (Å²) in [7, 11) is 0. The molecule has 0 atom stereocenters. The van der Waals surface area contributed by atoms with Crippen LogP contribution < -0.4 is 10.5 Å². The molecule has 0 bridgehead atoms. The fourth-order valence-corrected chi connectivity index (χ4v) is 1.20. The Labute approximate surface area is 85.4 Å². The van der Waals surface area contributed by atoms with Gasteiger partial charge in [-0.3, -0.25) is 0 Å². The van der Waals surface area contributed by atoms with Crippen LogP contribution >= 0.6 is 0 Å². The first kappa shape index (κ1) is 9.26. The summed E-state index contributed by atoms with van der Waals surface area (Å²) in [6.45, 7) is 0. The summed E-state index contributed by atoms with van der Waals surface area (Å²) in [5.41, 5.74) is 6.36. The Morgan fingerprint density at radius 3 is 2.93 bits per heavy atom. The third-order valence-corrected chi connectivity index (χ3v) is 1.79. The van der Waals surface area contributed by atoms with E-state index in [1.165, 1.54) is 6.26 Å². The summed E-state index contributed by atoms with van der Waals surface area (Å²) in [5.74, 6) is 0.378. The van der Waals surface area contributed by atoms with Gasteiger partial charge in [-0.25, -0.2) is 4.79 Å². The van der Waals surface area contributed by atoms with Gasteiger partial charge in [0.1, 0.15) is 17.7 Å². The predicted octanol–water partition coefficient (Wildman–Crippen LogP) is 1.80. The molecule has 5 nitrogen and oxygen atoms in total. The number of carbonyl (C=O) groups is 1. The Bertz CT molecular complexity index is 465. The molecule has 0 unspecified atom stereocenters. The molecule has 1 heterocycles. The van der Waals surface area contributed by atoms with Gasteiger partial charge in [0.15, 0.2) is 0 Å². The summed E-state index contributed by atoms with van der Waals surface area (Å²) in [5, 5.41) is 3.76. The van der Waals surface area contributed by atoms with E-state index >= 15 is 0 Å². The molecule has 76 valence electrons. The quantitative estimate of drug-likeness (QED) is 0.808. The van der Waals surface area contributed by atoms with Crippen molar-refractivity contribution in [3.8, 4) is 17.0 Å². The number of nitrogens with two attached hydrogens (primary N) is 1. The van der Waals surface area contributed by atoms with E-state index < -0.39 is 6.09 Å². The van der Waals surface area contributed by atoms with Gasteiger partial charge in [0.25, 0.3) is 0 Å². The fraction of sp³-hybridized carbons (Fsp3) is 0. The van der Waals surface area contributed by atoms with Crippen LogP contribution in [0.25, 0.3) is 11.3 Å². The zero-order chi connectivity index (χ0) is 10.7. The summed E-state index contributed by atoms with van der Waals surface area (Å²) in [6, 6.07) is 8.56. The summed E-state index contributed by atoms with van der Waals surface area (Å²) in [6.07, 6.45) is 0.629. The standard InChI is InChI=1S/C10H8N2O3/c11-10(13)15-8-3-1-2-7(6-8)9-4-5-14-12-9/h1-6H,(H2,11,13). The zero-order valence-corrected chi connectivity index (χ0v) is 7.71. The Morgan fingerprint density at radius 2 is 2.27 bits per heavy atom. The molecule has 0 aliphatic rings. The molecule has 1 aromatic carbocycles. The van der Waals surface area contributed by atoms with Gasteiger partial charge in [0.05, 0.1) is 0 Å². The lowest BCUT2D eigenvalue weighted by Gasteiger charge is -2.01. The maximum absolute atomic E-state index is 10.5. The van der Waals surface area contributed by atoms with Crippen LogP contribution in [0.1, 0.15) is 0 Å². The molecule has 2 N–H and O–H groups in total. The molecule has 0 spiro atoms. The van der Waals surface area contributed by atoms with Crippen molar-refractivity contribution in [2.75, 3.05) is 0 Å². The number of amides is 1. The number of ether oxygens (including phenoxy) is 1. The minimum atomic E-state index is -0.840. The molecule has 2 aromatic rings. The number of aromatic nitrogens is 1. The van der Waals surface area contributed by atoms with Gasteiger partial charge in [-0.2, -0.15) is 0 Å². The van der Waals surface area contributed by atoms with Gasteiger partial charge in [0, 0.05) is 11.6 Å². The first-order chi connectivity index (χ1) is 7.25. The Morgan fingerprint density at radius 1 is 1.40 bits per heavy atom. The molecule has 15 heavy (non-hydrogen) atoms. The Kier molecular flexibility index (Phi) is 2.37. The summed E-state index contributed by atoms with van der Waals surface area (Å²) >= 11 is 0. The Hall–Kier alpha value is -2.30. The Balaban J connectivity index is 2.31. The van der Waals surface area contributed by atoms with Crippen LogP contribution in [-0.4, -0.2) is 11.2 Å². The van der Waals surface area contributed by atoms with Gasteiger partial charge in [-0.1, -0.05) is 17.3 Å². The summed E-state index contributed by atoms with van der Waals surface area (Å²) in [4.78, 5) is 10.5. The highest BCUT2D eigenvalue weighted by molar-refractivity contribution is 5.69. The molecule has 5 heteroatoms. The van der Waals surface area contributed by atoms with E-state index in [1.807, 2.05) is 6.07 Å². The van der Waals surface area contributed by atoms with Gasteiger partial charge in [0.2, 0.25) is 0 Å². The van der Waals surface area contributed by atoms with Crippen molar-refractivity contribution in [1.82, 2.24) is 5.16 Å². The van der Waals surface area contributed by atoms with Gasteiger partial charge < -0.3 is 15.0 Å². The lowest BCUT2D eigenvalue weighted by molar-refractivity contribution is 0.211. The first-order valence-electron chi connectivity index (χ1n) is 4.24. The van der Waals surface area contributed by atoms with Crippen LogP contribution in [0.5, 0.6) is 5.75 Å². The number of carbonyl (C=O) groups excluding carboxylic acids is 1. The number of rotatable bonds is 2. The van der Waals surface area contributed by atoms with E-state index in [-0.39, 0.29) is 0 Å². The van der Waals surface area contributed by atoms with Crippen LogP contribution in [0.3, 0.4) is 0 Å². The van der Waals surface area contributed by atoms with E-state index in [9.17, 15) is 4.79 Å². The monoisotopic (exact) mass is 204 g/mol. The lowest BCUT2D eigenvalue weighted by atomic mass is 10.1. The van der Waals surface area contributed by atoms with Crippen LogP contribution in [0.2, 0.25) is 0 Å². The molecule has 0 saturated heterocycles. The average molecular weight is 204 g/mol. The van der Waals surface area contributed by atoms with Crippen molar-refractivity contribution in [3.05, 3.63) is 36.6 Å². The van der Waals surface area contributed by atoms with Crippen LogP contribution in [-0.2, 0) is 0 Å². The predicted molar refractivity (Wildman–Crippen MR) is 52.2 cm³/mol. The average Bonchev–Trinajstić information content (AvgIpc) is 2.69. The molecule has 0 aliphatic heterocycles. The number of nitrogens with zero attached hydrogens (tertiary/aromatic N) is 1. The molecular weight excluding hydrogens is 196 g/mol. The highest BCUT2D eigenvalue weighted by Gasteiger charge is 2.04. The van der Waals surface area contributed by atoms with Gasteiger partial charge in [-0.05, 0) is 12.1 Å². The van der Waals surface area contributed by atoms with E-state index in [0.717, 1.165) is 5.56 Å². The highest BCUT2D eigenvalue weighted by atomic mass is 16.5. The molecule has 1 aromatic heterocycles. The second-order valence-electron chi connectivity index (χ2n) is 2.83. The molecule has 0 fully saturated rings. The molecule has 0 radical (unpaired) electrons. The second kappa shape index (κ2) is 3.83. The highest BCUT2D eigenvalue weighted by Crippen LogP contribution is 2.22. The van der Waals surface area contributed by atoms with Crippen molar-refractivity contribution < 1.29 is 14.1 Å². The van der Waals surface area contributed by atoms with E-state index in [1.54, 1.807) is 24.3 Å². The SMILES string of the molecule is NC(=O)Oc1cccc(-c2ccon2)c1. The molecular formula is C10H8N2O3. The minimum Gasteiger partial charge on any atom is -0.410 e. The van der Waals surface area contributed by atoms with E-state index in [0.29, 0.717) is 11.4 Å². The third kappa shape index (κ3) is 2.14. The van der Waals surface area contributed by atoms with E-state index in [4.69, 9.17) is 15.0 Å². The van der Waals surface area contributed by atoms with Crippen LogP contribution in [0, 0.1) is 0 Å². The third-order valence-electron chi connectivity index (χ3n) is 1.79. The van der Waals surface area contributed by atoms with Crippen molar-refractivity contribution in [1.29, 1.82) is 0 Å². The van der Waals surface area contributed by atoms with Crippen LogP contribution in [0.15, 0.2) is 41.1 Å². The van der Waals surface area contributed by atoms with Crippen LogP contribution in [0.4, 0.5) is 4.79 Å². The lowest BCUT2D eigenvalue weighted by Crippen LogP contribution is -2.16. The minimum absolute atomic E-state index is 0.378. The maximum Gasteiger partial charge on any atom is 0.409 e. The topological polar surface area (TPSA) is 78.4 Å². The van der Waals surface area contributed by atoms with Crippen molar-refractivity contribution in [2.45, 2.75) is 0 Å². The first-order valence-corrected chi connectivity index (χ1v) is 4.24. The number of benzene rings is 1. The molecule has 2 rings (SSSR count). The second-order valence-corrected chi connectivity index (χ2v) is 2.83. The zero-order valence-electron chi connectivity index (χ0n) is 7.71. The fourth-order valence-electron chi connectivity index (χ4n) is 1.20. The number of primary amides is 1. The van der Waals surface area contributed by atoms with E-state index in [2.05, 4.69) is 5.16 Å².